The zero-order valence-electron chi connectivity index (χ0n) is 13.6. The smallest absolute Gasteiger partial charge is 0.224 e. The van der Waals surface area contributed by atoms with Crippen LogP contribution in [-0.4, -0.2) is 10.2 Å². The van der Waals surface area contributed by atoms with Gasteiger partial charge in [-0.2, -0.15) is 0 Å². The summed E-state index contributed by atoms with van der Waals surface area (Å²) in [6, 6.07) is 8.43. The van der Waals surface area contributed by atoms with Gasteiger partial charge in [0.05, 0.1) is 0 Å². The number of benzene rings is 2. The van der Waals surface area contributed by atoms with Crippen molar-refractivity contribution in [1.29, 1.82) is 0 Å². The predicted molar refractivity (Wildman–Crippen MR) is 92.8 cm³/mol. The lowest BCUT2D eigenvalue weighted by Crippen LogP contribution is -2.17. The molecule has 1 aliphatic heterocycles. The van der Waals surface area contributed by atoms with E-state index in [0.717, 1.165) is 35.8 Å². The first kappa shape index (κ1) is 15.1. The summed E-state index contributed by atoms with van der Waals surface area (Å²) in [6.45, 7) is 2.25. The lowest BCUT2D eigenvalue weighted by Gasteiger charge is -2.32. The predicted octanol–water partition coefficient (Wildman–Crippen LogP) is 4.60. The van der Waals surface area contributed by atoms with Gasteiger partial charge < -0.3 is 14.6 Å². The summed E-state index contributed by atoms with van der Waals surface area (Å²) < 4.78 is 5.76. The molecule has 24 heavy (non-hydrogen) atoms. The van der Waals surface area contributed by atoms with E-state index in [1.165, 1.54) is 12.5 Å². The van der Waals surface area contributed by atoms with Crippen molar-refractivity contribution < 1.29 is 14.6 Å². The lowest BCUT2D eigenvalue weighted by molar-refractivity contribution is 0.331. The Hall–Kier alpha value is -2.49. The van der Waals surface area contributed by atoms with Crippen LogP contribution >= 0.6 is 0 Å². The Kier molecular flexibility index (Phi) is 3.48. The van der Waals surface area contributed by atoms with Crippen molar-refractivity contribution in [3.63, 3.8) is 0 Å². The summed E-state index contributed by atoms with van der Waals surface area (Å²) in [4.78, 5) is 11.8. The molecule has 4 nitrogen and oxygen atoms in total. The number of fused-ring (bicyclic) bond motifs is 2. The maximum atomic E-state index is 11.8. The molecular formula is C20H20O4. The van der Waals surface area contributed by atoms with Crippen LogP contribution in [0, 0.1) is 5.92 Å². The first-order valence-electron chi connectivity index (χ1n) is 8.48. The van der Waals surface area contributed by atoms with Gasteiger partial charge in [-0.25, -0.2) is 0 Å². The maximum Gasteiger partial charge on any atom is 0.224 e. The second kappa shape index (κ2) is 5.55. The van der Waals surface area contributed by atoms with Crippen molar-refractivity contribution in [2.75, 3.05) is 0 Å². The van der Waals surface area contributed by atoms with Gasteiger partial charge in [-0.1, -0.05) is 38.3 Å². The van der Waals surface area contributed by atoms with Crippen molar-refractivity contribution in [1.82, 2.24) is 0 Å². The fraction of sp³-hybridized carbons (Fsp3) is 0.350. The Morgan fingerprint density at radius 3 is 2.67 bits per heavy atom. The molecule has 4 rings (SSSR count). The third-order valence-electron chi connectivity index (χ3n) is 5.36. The molecule has 0 saturated heterocycles. The quantitative estimate of drug-likeness (QED) is 0.642. The largest absolute Gasteiger partial charge is 0.504 e. The van der Waals surface area contributed by atoms with Crippen LogP contribution in [0.4, 0.5) is 0 Å². The van der Waals surface area contributed by atoms with Crippen molar-refractivity contribution >= 4 is 11.0 Å². The Labute approximate surface area is 139 Å². The zero-order chi connectivity index (χ0) is 16.8. The number of phenolic OH excluding ortho intramolecular Hbond substituents is 2. The van der Waals surface area contributed by atoms with Crippen LogP contribution in [0.2, 0.25) is 0 Å². The molecule has 1 fully saturated rings. The molecule has 1 unspecified atom stereocenters. The monoisotopic (exact) mass is 324 g/mol. The standard InChI is InChI=1S/C20H20O4/c1-11-5-2-3-6-12(11)17-13-7-4-8-16(22)19(13)24-20-14(17)9-10-15(21)18(20)23/h4,7-12,22-23H,2-3,5-6H2,1H3/t11?,12-/m0/s1. The van der Waals surface area contributed by atoms with Crippen LogP contribution in [0.15, 0.2) is 39.5 Å². The number of phenols is 2. The van der Waals surface area contributed by atoms with Crippen LogP contribution in [0.3, 0.4) is 0 Å². The summed E-state index contributed by atoms with van der Waals surface area (Å²) in [5, 5.41) is 21.3. The average Bonchev–Trinajstić information content (AvgIpc) is 2.58. The van der Waals surface area contributed by atoms with E-state index in [9.17, 15) is 15.0 Å². The number of para-hydroxylation sites is 1. The summed E-state index contributed by atoms with van der Waals surface area (Å²) in [5.74, 6) is 0.629. The van der Waals surface area contributed by atoms with Gasteiger partial charge in [0.25, 0.3) is 0 Å². The van der Waals surface area contributed by atoms with Crippen molar-refractivity contribution in [2.24, 2.45) is 5.92 Å². The fourth-order valence-electron chi connectivity index (χ4n) is 4.10. The SMILES string of the molecule is CC1CCCC[C@@H]1c1c2ccc(=O)c(O)c-2oc2c(O)cccc12. The molecule has 4 heteroatoms. The molecule has 0 spiro atoms. The van der Waals surface area contributed by atoms with Crippen molar-refractivity contribution in [3.05, 3.63) is 46.1 Å². The van der Waals surface area contributed by atoms with Crippen molar-refractivity contribution in [2.45, 2.75) is 38.5 Å². The second-order valence-electron chi connectivity index (χ2n) is 6.83. The van der Waals surface area contributed by atoms with Gasteiger partial charge in [0, 0.05) is 10.9 Å². The minimum atomic E-state index is -0.469. The van der Waals surface area contributed by atoms with Gasteiger partial charge in [-0.15, -0.1) is 0 Å². The van der Waals surface area contributed by atoms with Gasteiger partial charge in [-0.3, -0.25) is 4.79 Å². The van der Waals surface area contributed by atoms with Gasteiger partial charge in [0.15, 0.2) is 17.1 Å². The van der Waals surface area contributed by atoms with Gasteiger partial charge in [0.2, 0.25) is 11.2 Å². The molecule has 0 bridgehead atoms. The van der Waals surface area contributed by atoms with E-state index in [4.69, 9.17) is 4.42 Å². The van der Waals surface area contributed by atoms with Crippen LogP contribution in [0.5, 0.6) is 11.5 Å². The van der Waals surface area contributed by atoms with Gasteiger partial charge in [0.1, 0.15) is 0 Å². The number of rotatable bonds is 1. The first-order valence-corrected chi connectivity index (χ1v) is 8.48. The van der Waals surface area contributed by atoms with E-state index in [1.54, 1.807) is 18.2 Å². The molecule has 1 aromatic rings. The van der Waals surface area contributed by atoms with Crippen LogP contribution in [-0.2, 0) is 0 Å². The van der Waals surface area contributed by atoms with Crippen LogP contribution < -0.4 is 5.43 Å². The molecule has 2 aliphatic carbocycles. The number of hydrogen-bond acceptors (Lipinski definition) is 4. The highest BCUT2D eigenvalue weighted by Crippen LogP contribution is 2.48. The molecule has 0 aromatic heterocycles. The molecule has 1 saturated carbocycles. The summed E-state index contributed by atoms with van der Waals surface area (Å²) in [7, 11) is 0. The van der Waals surface area contributed by atoms with Gasteiger partial charge >= 0.3 is 0 Å². The topological polar surface area (TPSA) is 70.7 Å². The van der Waals surface area contributed by atoms with E-state index in [-0.39, 0.29) is 17.3 Å². The molecule has 2 atom stereocenters. The van der Waals surface area contributed by atoms with E-state index in [1.807, 2.05) is 6.07 Å². The maximum absolute atomic E-state index is 11.8. The molecule has 3 aliphatic rings. The summed E-state index contributed by atoms with van der Waals surface area (Å²) in [6.07, 6.45) is 4.61. The summed E-state index contributed by atoms with van der Waals surface area (Å²) in [5.41, 5.74) is 1.70. The minimum Gasteiger partial charge on any atom is -0.504 e. The normalized spacial score (nSPS) is 21.4. The lowest BCUT2D eigenvalue weighted by atomic mass is 9.74. The zero-order valence-corrected chi connectivity index (χ0v) is 13.6. The summed E-state index contributed by atoms with van der Waals surface area (Å²) >= 11 is 0. The minimum absolute atomic E-state index is 0.0230. The molecular weight excluding hydrogens is 304 g/mol. The second-order valence-corrected chi connectivity index (χ2v) is 6.83. The molecule has 0 amide bonds. The highest BCUT2D eigenvalue weighted by atomic mass is 16.4. The Balaban J connectivity index is 2.13. The van der Waals surface area contributed by atoms with Crippen molar-refractivity contribution in [3.8, 4) is 22.8 Å². The molecule has 1 aromatic carbocycles. The molecule has 124 valence electrons. The fourth-order valence-corrected chi connectivity index (χ4v) is 4.10. The van der Waals surface area contributed by atoms with E-state index < -0.39 is 5.43 Å². The Morgan fingerprint density at radius 2 is 1.88 bits per heavy atom. The third kappa shape index (κ3) is 2.17. The van der Waals surface area contributed by atoms with Crippen LogP contribution in [0.25, 0.3) is 22.3 Å². The third-order valence-corrected chi connectivity index (χ3v) is 5.36. The molecule has 2 N–H and O–H groups in total. The molecule has 0 radical (unpaired) electrons. The van der Waals surface area contributed by atoms with Gasteiger partial charge in [-0.05, 0) is 42.0 Å². The van der Waals surface area contributed by atoms with Crippen LogP contribution in [0.1, 0.15) is 44.1 Å². The van der Waals surface area contributed by atoms with E-state index in [2.05, 4.69) is 6.92 Å². The Morgan fingerprint density at radius 1 is 1.08 bits per heavy atom. The highest BCUT2D eigenvalue weighted by molar-refractivity contribution is 5.92. The number of hydrogen-bond donors (Lipinski definition) is 2. The molecule has 1 heterocycles. The van der Waals surface area contributed by atoms with E-state index in [0.29, 0.717) is 17.4 Å². The van der Waals surface area contributed by atoms with E-state index >= 15 is 0 Å². The first-order chi connectivity index (χ1) is 11.6. The Bertz CT molecular complexity index is 940. The average molecular weight is 324 g/mol. The highest BCUT2D eigenvalue weighted by Gasteiger charge is 2.30. The number of aromatic hydroxyl groups is 2.